The molecule has 0 aliphatic heterocycles. The third-order valence-corrected chi connectivity index (χ3v) is 1.33. The molecular weight excluding hydrogens is 142 g/mol. The van der Waals surface area contributed by atoms with Crippen molar-refractivity contribution in [2.75, 3.05) is 7.11 Å². The molecule has 3 nitrogen and oxygen atoms in total. The number of amides is 1. The summed E-state index contributed by atoms with van der Waals surface area (Å²) in [5.74, 6) is 2.20. The minimum absolute atomic E-state index is 0.182. The molecule has 0 saturated carbocycles. The van der Waals surface area contributed by atoms with E-state index in [0.29, 0.717) is 0 Å². The van der Waals surface area contributed by atoms with Gasteiger partial charge in [0.25, 0.3) is 0 Å². The Labute approximate surface area is 67.1 Å². The van der Waals surface area contributed by atoms with Crippen molar-refractivity contribution >= 4 is 5.91 Å². The van der Waals surface area contributed by atoms with Gasteiger partial charge in [0.2, 0.25) is 5.91 Å². The van der Waals surface area contributed by atoms with E-state index in [1.54, 1.807) is 13.8 Å². The second kappa shape index (κ2) is 4.75. The third kappa shape index (κ3) is 3.64. The zero-order valence-electron chi connectivity index (χ0n) is 7.05. The first kappa shape index (κ1) is 9.99. The molecule has 2 atom stereocenters. The first-order valence-corrected chi connectivity index (χ1v) is 3.41. The third-order valence-electron chi connectivity index (χ3n) is 1.33. The van der Waals surface area contributed by atoms with Crippen molar-refractivity contribution in [2.45, 2.75) is 26.0 Å². The molecule has 0 rings (SSSR count). The van der Waals surface area contributed by atoms with Crippen molar-refractivity contribution in [3.63, 3.8) is 0 Å². The highest BCUT2D eigenvalue weighted by Crippen LogP contribution is 1.88. The molecule has 0 aromatic heterocycles. The van der Waals surface area contributed by atoms with Gasteiger partial charge in [0, 0.05) is 7.11 Å². The van der Waals surface area contributed by atoms with Gasteiger partial charge in [-0.1, -0.05) is 5.92 Å². The highest BCUT2D eigenvalue weighted by atomic mass is 16.5. The summed E-state index contributed by atoms with van der Waals surface area (Å²) in [6.07, 6.45) is 4.62. The maximum atomic E-state index is 11.0. The van der Waals surface area contributed by atoms with Crippen LogP contribution in [0.15, 0.2) is 0 Å². The van der Waals surface area contributed by atoms with E-state index >= 15 is 0 Å². The number of ether oxygens (including phenoxy) is 1. The molecule has 0 aromatic rings. The van der Waals surface area contributed by atoms with E-state index in [0.717, 1.165) is 0 Å². The van der Waals surface area contributed by atoms with Crippen LogP contribution >= 0.6 is 0 Å². The Bertz CT molecular complexity index is 171. The summed E-state index contributed by atoms with van der Waals surface area (Å²) in [5.41, 5.74) is 0. The van der Waals surface area contributed by atoms with E-state index in [2.05, 4.69) is 11.2 Å². The van der Waals surface area contributed by atoms with Crippen LogP contribution in [0.2, 0.25) is 0 Å². The summed E-state index contributed by atoms with van der Waals surface area (Å²) >= 11 is 0. The predicted molar refractivity (Wildman–Crippen MR) is 42.9 cm³/mol. The Hall–Kier alpha value is -1.01. The van der Waals surface area contributed by atoms with Crippen molar-refractivity contribution in [3.8, 4) is 12.3 Å². The predicted octanol–water partition coefficient (Wildman–Crippen LogP) is 0.159. The van der Waals surface area contributed by atoms with Crippen LogP contribution in [0.5, 0.6) is 0 Å². The molecule has 0 heterocycles. The molecular formula is C8H13NO2. The molecule has 0 aromatic carbocycles. The molecule has 1 amide bonds. The molecule has 0 aliphatic rings. The number of terminal acetylenes is 1. The summed E-state index contributed by atoms with van der Waals surface area (Å²) < 4.78 is 4.78. The number of carbonyl (C=O) groups excluding carboxylic acids is 1. The Balaban J connectivity index is 3.80. The highest BCUT2D eigenvalue weighted by Gasteiger charge is 2.12. The molecule has 0 aliphatic carbocycles. The SMILES string of the molecule is C#CC(C)NC(=O)C(C)OC. The lowest BCUT2D eigenvalue weighted by Gasteiger charge is -2.11. The standard InChI is InChI=1S/C8H13NO2/c1-5-6(2)9-8(10)7(3)11-4/h1,6-7H,2-4H3,(H,9,10). The van der Waals surface area contributed by atoms with Crippen LogP contribution in [-0.2, 0) is 9.53 Å². The van der Waals surface area contributed by atoms with Gasteiger partial charge in [-0.3, -0.25) is 4.79 Å². The van der Waals surface area contributed by atoms with Crippen LogP contribution < -0.4 is 5.32 Å². The molecule has 0 fully saturated rings. The monoisotopic (exact) mass is 155 g/mol. The average Bonchev–Trinajstić information content (AvgIpc) is 2.02. The Morgan fingerprint density at radius 3 is 2.55 bits per heavy atom. The van der Waals surface area contributed by atoms with Gasteiger partial charge in [-0.15, -0.1) is 6.42 Å². The Morgan fingerprint density at radius 2 is 2.18 bits per heavy atom. The van der Waals surface area contributed by atoms with E-state index in [-0.39, 0.29) is 11.9 Å². The molecule has 1 N–H and O–H groups in total. The van der Waals surface area contributed by atoms with Crippen LogP contribution in [-0.4, -0.2) is 25.2 Å². The summed E-state index contributed by atoms with van der Waals surface area (Å²) in [7, 11) is 1.48. The smallest absolute Gasteiger partial charge is 0.249 e. The fourth-order valence-corrected chi connectivity index (χ4v) is 0.479. The molecule has 0 spiro atoms. The highest BCUT2D eigenvalue weighted by molar-refractivity contribution is 5.80. The minimum Gasteiger partial charge on any atom is -0.372 e. The maximum absolute atomic E-state index is 11.0. The van der Waals surface area contributed by atoms with E-state index in [9.17, 15) is 4.79 Å². The first-order valence-electron chi connectivity index (χ1n) is 3.41. The lowest BCUT2D eigenvalue weighted by molar-refractivity contribution is -0.130. The quantitative estimate of drug-likeness (QED) is 0.589. The van der Waals surface area contributed by atoms with Crippen molar-refractivity contribution in [2.24, 2.45) is 0 Å². The zero-order valence-corrected chi connectivity index (χ0v) is 7.05. The number of hydrogen-bond acceptors (Lipinski definition) is 2. The maximum Gasteiger partial charge on any atom is 0.249 e. The number of nitrogens with one attached hydrogen (secondary N) is 1. The normalized spacial score (nSPS) is 14.7. The van der Waals surface area contributed by atoms with Crippen LogP contribution in [0, 0.1) is 12.3 Å². The Morgan fingerprint density at radius 1 is 1.64 bits per heavy atom. The fourth-order valence-electron chi connectivity index (χ4n) is 0.479. The van der Waals surface area contributed by atoms with Gasteiger partial charge in [-0.2, -0.15) is 0 Å². The average molecular weight is 155 g/mol. The van der Waals surface area contributed by atoms with E-state index in [1.807, 2.05) is 0 Å². The van der Waals surface area contributed by atoms with Crippen LogP contribution in [0.25, 0.3) is 0 Å². The molecule has 3 heteroatoms. The molecule has 62 valence electrons. The van der Waals surface area contributed by atoms with Gasteiger partial charge in [0.15, 0.2) is 0 Å². The summed E-state index contributed by atoms with van der Waals surface area (Å²) in [6.45, 7) is 3.40. The Kier molecular flexibility index (Phi) is 4.32. The summed E-state index contributed by atoms with van der Waals surface area (Å²) in [4.78, 5) is 11.0. The van der Waals surface area contributed by atoms with Crippen molar-refractivity contribution in [3.05, 3.63) is 0 Å². The lowest BCUT2D eigenvalue weighted by atomic mass is 10.3. The lowest BCUT2D eigenvalue weighted by Crippen LogP contribution is -2.38. The summed E-state index contributed by atoms with van der Waals surface area (Å²) in [6, 6.07) is -0.236. The number of carbonyl (C=O) groups is 1. The molecule has 2 unspecified atom stereocenters. The van der Waals surface area contributed by atoms with E-state index in [4.69, 9.17) is 11.2 Å². The van der Waals surface area contributed by atoms with Gasteiger partial charge in [-0.05, 0) is 13.8 Å². The van der Waals surface area contributed by atoms with Gasteiger partial charge in [-0.25, -0.2) is 0 Å². The zero-order chi connectivity index (χ0) is 8.85. The van der Waals surface area contributed by atoms with Crippen molar-refractivity contribution < 1.29 is 9.53 Å². The topological polar surface area (TPSA) is 38.3 Å². The number of methoxy groups -OCH3 is 1. The van der Waals surface area contributed by atoms with Crippen LogP contribution in [0.1, 0.15) is 13.8 Å². The van der Waals surface area contributed by atoms with Gasteiger partial charge >= 0.3 is 0 Å². The van der Waals surface area contributed by atoms with Crippen LogP contribution in [0.3, 0.4) is 0 Å². The van der Waals surface area contributed by atoms with Crippen LogP contribution in [0.4, 0.5) is 0 Å². The molecule has 0 radical (unpaired) electrons. The molecule has 0 saturated heterocycles. The second-order valence-electron chi connectivity index (χ2n) is 2.27. The molecule has 0 bridgehead atoms. The minimum atomic E-state index is -0.439. The first-order chi connectivity index (χ1) is 5.11. The van der Waals surface area contributed by atoms with Gasteiger partial charge in [0.1, 0.15) is 6.10 Å². The number of hydrogen-bond donors (Lipinski definition) is 1. The molecule has 11 heavy (non-hydrogen) atoms. The largest absolute Gasteiger partial charge is 0.372 e. The number of rotatable bonds is 3. The fraction of sp³-hybridized carbons (Fsp3) is 0.625. The van der Waals surface area contributed by atoms with E-state index in [1.165, 1.54) is 7.11 Å². The van der Waals surface area contributed by atoms with Crippen molar-refractivity contribution in [1.29, 1.82) is 0 Å². The summed E-state index contributed by atoms with van der Waals surface area (Å²) in [5, 5.41) is 2.58. The van der Waals surface area contributed by atoms with E-state index < -0.39 is 6.10 Å². The second-order valence-corrected chi connectivity index (χ2v) is 2.27. The van der Waals surface area contributed by atoms with Gasteiger partial charge in [0.05, 0.1) is 6.04 Å². The van der Waals surface area contributed by atoms with Gasteiger partial charge < -0.3 is 10.1 Å². The van der Waals surface area contributed by atoms with Crippen molar-refractivity contribution in [1.82, 2.24) is 5.32 Å².